The van der Waals surface area contributed by atoms with E-state index < -0.39 is 41.6 Å². The van der Waals surface area contributed by atoms with Gasteiger partial charge in [0, 0.05) is 18.2 Å². The Morgan fingerprint density at radius 2 is 1.96 bits per heavy atom. The number of amides is 3. The largest absolute Gasteiger partial charge is 0.419 e. The summed E-state index contributed by atoms with van der Waals surface area (Å²) in [4.78, 5) is 38.5. The van der Waals surface area contributed by atoms with E-state index in [1.165, 1.54) is 4.90 Å². The molecule has 2 saturated heterocycles. The maximum absolute atomic E-state index is 13.4. The Bertz CT molecular complexity index is 825. The van der Waals surface area contributed by atoms with Crippen molar-refractivity contribution in [3.63, 3.8) is 0 Å². The van der Waals surface area contributed by atoms with Gasteiger partial charge in [0.2, 0.25) is 11.8 Å². The molecule has 152 valence electrons. The number of hydrogen-bond donors (Lipinski definition) is 2. The Morgan fingerprint density at radius 3 is 2.57 bits per heavy atom. The van der Waals surface area contributed by atoms with Crippen LogP contribution >= 0.6 is 0 Å². The maximum Gasteiger partial charge on any atom is 0.419 e. The molecule has 1 aromatic carbocycles. The van der Waals surface area contributed by atoms with E-state index in [1.807, 2.05) is 0 Å². The van der Waals surface area contributed by atoms with Crippen molar-refractivity contribution in [3.8, 4) is 0 Å². The smallest absolute Gasteiger partial charge is 0.347 e. The zero-order chi connectivity index (χ0) is 20.8. The zero-order valence-electron chi connectivity index (χ0n) is 15.1. The lowest BCUT2D eigenvalue weighted by atomic mass is 9.98. The SMILES string of the molecule is CC(C)[C@H]1NC(=O)[C@@H]2C[C@H](NC(=O)c3ccc(F)c(C(F)(F)F)c3)CN2C1=O. The molecule has 2 heterocycles. The van der Waals surface area contributed by atoms with E-state index in [0.717, 1.165) is 6.07 Å². The molecule has 0 saturated carbocycles. The van der Waals surface area contributed by atoms with Gasteiger partial charge in [-0.1, -0.05) is 13.8 Å². The first-order valence-electron chi connectivity index (χ1n) is 8.77. The quantitative estimate of drug-likeness (QED) is 0.757. The third kappa shape index (κ3) is 3.67. The van der Waals surface area contributed by atoms with Crippen molar-refractivity contribution >= 4 is 17.7 Å². The topological polar surface area (TPSA) is 78.5 Å². The number of fused-ring (bicyclic) bond motifs is 1. The molecule has 0 spiro atoms. The highest BCUT2D eigenvalue weighted by molar-refractivity contribution is 5.98. The number of alkyl halides is 3. The van der Waals surface area contributed by atoms with Gasteiger partial charge in [-0.3, -0.25) is 14.4 Å². The Balaban J connectivity index is 1.73. The molecule has 0 radical (unpaired) electrons. The monoisotopic (exact) mass is 401 g/mol. The van der Waals surface area contributed by atoms with E-state index in [0.29, 0.717) is 12.1 Å². The van der Waals surface area contributed by atoms with Gasteiger partial charge in [-0.15, -0.1) is 0 Å². The molecule has 2 fully saturated rings. The predicted molar refractivity (Wildman–Crippen MR) is 89.5 cm³/mol. The summed E-state index contributed by atoms with van der Waals surface area (Å²) in [6.07, 6.45) is -4.77. The van der Waals surface area contributed by atoms with Crippen LogP contribution in [0.1, 0.15) is 36.2 Å². The van der Waals surface area contributed by atoms with Crippen LogP contribution in [0.3, 0.4) is 0 Å². The Labute approximate surface area is 158 Å². The summed E-state index contributed by atoms with van der Waals surface area (Å²) in [6.45, 7) is 3.68. The molecule has 2 aliphatic heterocycles. The van der Waals surface area contributed by atoms with Crippen LogP contribution in [-0.4, -0.2) is 47.3 Å². The molecule has 10 heteroatoms. The van der Waals surface area contributed by atoms with Crippen molar-refractivity contribution in [2.24, 2.45) is 5.92 Å². The number of nitrogens with zero attached hydrogens (tertiary/aromatic N) is 1. The minimum Gasteiger partial charge on any atom is -0.347 e. The lowest BCUT2D eigenvalue weighted by molar-refractivity contribution is -0.148. The predicted octanol–water partition coefficient (Wildman–Crippen LogP) is 1.70. The second-order valence-electron chi connectivity index (χ2n) is 7.34. The average molecular weight is 401 g/mol. The Kier molecular flexibility index (Phi) is 5.07. The molecule has 0 aromatic heterocycles. The molecule has 28 heavy (non-hydrogen) atoms. The molecule has 1 aromatic rings. The van der Waals surface area contributed by atoms with Crippen molar-refractivity contribution in [3.05, 3.63) is 35.1 Å². The Morgan fingerprint density at radius 1 is 1.29 bits per heavy atom. The van der Waals surface area contributed by atoms with Gasteiger partial charge in [-0.2, -0.15) is 13.2 Å². The zero-order valence-corrected chi connectivity index (χ0v) is 15.1. The highest BCUT2D eigenvalue weighted by Gasteiger charge is 2.47. The van der Waals surface area contributed by atoms with Crippen molar-refractivity contribution in [2.75, 3.05) is 6.54 Å². The summed E-state index contributed by atoms with van der Waals surface area (Å²) in [5.74, 6) is -2.98. The van der Waals surface area contributed by atoms with Crippen LogP contribution in [0.2, 0.25) is 0 Å². The van der Waals surface area contributed by atoms with Crippen LogP contribution < -0.4 is 10.6 Å². The third-order valence-corrected chi connectivity index (χ3v) is 4.99. The van der Waals surface area contributed by atoms with Gasteiger partial charge in [0.15, 0.2) is 0 Å². The lowest BCUT2D eigenvalue weighted by Crippen LogP contribution is -2.62. The van der Waals surface area contributed by atoms with Crippen LogP contribution in [-0.2, 0) is 15.8 Å². The summed E-state index contributed by atoms with van der Waals surface area (Å²) in [6, 6.07) is 0.00261. The highest BCUT2D eigenvalue weighted by atomic mass is 19.4. The second kappa shape index (κ2) is 7.06. The first-order valence-corrected chi connectivity index (χ1v) is 8.77. The van der Waals surface area contributed by atoms with Crippen LogP contribution in [0.15, 0.2) is 18.2 Å². The number of carbonyl (C=O) groups excluding carboxylic acids is 3. The molecular weight excluding hydrogens is 382 g/mol. The van der Waals surface area contributed by atoms with Gasteiger partial charge in [0.25, 0.3) is 5.91 Å². The number of halogens is 4. The van der Waals surface area contributed by atoms with Crippen LogP contribution in [0, 0.1) is 11.7 Å². The van der Waals surface area contributed by atoms with Gasteiger partial charge >= 0.3 is 6.18 Å². The van der Waals surface area contributed by atoms with Crippen LogP contribution in [0.25, 0.3) is 0 Å². The van der Waals surface area contributed by atoms with Gasteiger partial charge < -0.3 is 15.5 Å². The second-order valence-corrected chi connectivity index (χ2v) is 7.34. The van der Waals surface area contributed by atoms with E-state index in [4.69, 9.17) is 0 Å². The summed E-state index contributed by atoms with van der Waals surface area (Å²) in [7, 11) is 0. The van der Waals surface area contributed by atoms with E-state index in [9.17, 15) is 31.9 Å². The first kappa shape index (κ1) is 20.1. The number of piperazine rings is 1. The number of benzene rings is 1. The molecule has 2 N–H and O–H groups in total. The first-order chi connectivity index (χ1) is 13.0. The van der Waals surface area contributed by atoms with Crippen molar-refractivity contribution in [1.29, 1.82) is 0 Å². The number of carbonyl (C=O) groups is 3. The van der Waals surface area contributed by atoms with E-state index >= 15 is 0 Å². The third-order valence-electron chi connectivity index (χ3n) is 4.99. The van der Waals surface area contributed by atoms with E-state index in [1.54, 1.807) is 13.8 Å². The van der Waals surface area contributed by atoms with Gasteiger partial charge in [-0.05, 0) is 30.5 Å². The summed E-state index contributed by atoms with van der Waals surface area (Å²) in [5.41, 5.74) is -1.88. The number of rotatable bonds is 3. The van der Waals surface area contributed by atoms with Crippen molar-refractivity contribution in [1.82, 2.24) is 15.5 Å². The fourth-order valence-electron chi connectivity index (χ4n) is 3.53. The van der Waals surface area contributed by atoms with Crippen LogP contribution in [0.4, 0.5) is 17.6 Å². The molecule has 3 rings (SSSR count). The minimum atomic E-state index is -4.93. The summed E-state index contributed by atoms with van der Waals surface area (Å²) >= 11 is 0. The maximum atomic E-state index is 13.4. The standard InChI is InChI=1S/C18H19F4N3O3/c1-8(2)14-17(28)25-7-10(6-13(25)16(27)24-14)23-15(26)9-3-4-12(19)11(5-9)18(20,21)22/h3-5,8,10,13-14H,6-7H2,1-2H3,(H,23,26)(H,24,27)/t10-,13-,14+/m0/s1. The van der Waals surface area contributed by atoms with Crippen molar-refractivity contribution < 1.29 is 31.9 Å². The summed E-state index contributed by atoms with van der Waals surface area (Å²) < 4.78 is 51.9. The normalized spacial score (nSPS) is 25.0. The summed E-state index contributed by atoms with van der Waals surface area (Å²) in [5, 5.41) is 5.20. The van der Waals surface area contributed by atoms with Crippen molar-refractivity contribution in [2.45, 2.75) is 44.6 Å². The molecule has 0 unspecified atom stereocenters. The van der Waals surface area contributed by atoms with Gasteiger partial charge in [-0.25, -0.2) is 4.39 Å². The number of nitrogens with one attached hydrogen (secondary N) is 2. The molecule has 3 amide bonds. The van der Waals surface area contributed by atoms with Gasteiger partial charge in [0.1, 0.15) is 17.9 Å². The molecule has 6 nitrogen and oxygen atoms in total. The average Bonchev–Trinajstić information content (AvgIpc) is 3.01. The number of hydrogen-bond acceptors (Lipinski definition) is 3. The molecule has 0 aliphatic carbocycles. The lowest BCUT2D eigenvalue weighted by Gasteiger charge is -2.36. The fourth-order valence-corrected chi connectivity index (χ4v) is 3.53. The van der Waals surface area contributed by atoms with Gasteiger partial charge in [0.05, 0.1) is 5.56 Å². The minimum absolute atomic E-state index is 0.0825. The Hall–Kier alpha value is -2.65. The fraction of sp³-hybridized carbons (Fsp3) is 0.500. The molecule has 2 aliphatic rings. The van der Waals surface area contributed by atoms with E-state index in [2.05, 4.69) is 10.6 Å². The van der Waals surface area contributed by atoms with E-state index in [-0.39, 0.29) is 36.3 Å². The molecule has 3 atom stereocenters. The molecular formula is C18H19F4N3O3. The highest BCUT2D eigenvalue weighted by Crippen LogP contribution is 2.32. The van der Waals surface area contributed by atoms with Crippen LogP contribution in [0.5, 0.6) is 0 Å². The molecule has 0 bridgehead atoms.